The Morgan fingerprint density at radius 1 is 0.966 bits per heavy atom. The highest BCUT2D eigenvalue weighted by Gasteiger charge is 2.23. The van der Waals surface area contributed by atoms with Gasteiger partial charge in [-0.15, -0.1) is 0 Å². The zero-order valence-corrected chi connectivity index (χ0v) is 17.0. The van der Waals surface area contributed by atoms with Crippen molar-refractivity contribution in [2.24, 2.45) is 0 Å². The third-order valence-corrected chi connectivity index (χ3v) is 5.57. The molecule has 0 heterocycles. The van der Waals surface area contributed by atoms with E-state index in [1.807, 2.05) is 0 Å². The van der Waals surface area contributed by atoms with E-state index >= 15 is 0 Å². The summed E-state index contributed by atoms with van der Waals surface area (Å²) in [4.78, 5) is 34.7. The second-order valence-electron chi connectivity index (χ2n) is 6.22. The Balaban J connectivity index is 1.95. The van der Waals surface area contributed by atoms with E-state index in [1.165, 1.54) is 57.4 Å². The zero-order valence-electron chi connectivity index (χ0n) is 16.2. The SMILES string of the molecule is COC(=O)c1ccc(COC(=O)[C@H](C)NS(=O)(=O)c2ccc(C(C)=O)cc2)cc1. The lowest BCUT2D eigenvalue weighted by Crippen LogP contribution is -2.39. The molecule has 0 saturated carbocycles. The Morgan fingerprint density at radius 2 is 1.52 bits per heavy atom. The fourth-order valence-corrected chi connectivity index (χ4v) is 3.54. The molecule has 0 aliphatic carbocycles. The first kappa shape index (κ1) is 22.3. The molecule has 0 fully saturated rings. The normalized spacial score (nSPS) is 12.1. The Labute approximate surface area is 168 Å². The summed E-state index contributed by atoms with van der Waals surface area (Å²) >= 11 is 0. The van der Waals surface area contributed by atoms with E-state index in [9.17, 15) is 22.8 Å². The van der Waals surface area contributed by atoms with Crippen LogP contribution in [0.3, 0.4) is 0 Å². The molecule has 0 spiro atoms. The number of benzene rings is 2. The minimum absolute atomic E-state index is 0.0689. The van der Waals surface area contributed by atoms with Crippen LogP contribution in [-0.4, -0.2) is 39.3 Å². The maximum Gasteiger partial charge on any atom is 0.337 e. The zero-order chi connectivity index (χ0) is 21.6. The molecule has 0 aliphatic heterocycles. The van der Waals surface area contributed by atoms with Gasteiger partial charge in [0.2, 0.25) is 10.0 Å². The van der Waals surface area contributed by atoms with Gasteiger partial charge in [0.25, 0.3) is 0 Å². The predicted molar refractivity (Wildman–Crippen MR) is 104 cm³/mol. The number of Topliss-reactive ketones (excluding diaryl/α,β-unsaturated/α-hetero) is 1. The molecule has 0 aromatic heterocycles. The second kappa shape index (κ2) is 9.44. The number of ether oxygens (including phenoxy) is 2. The first-order valence-corrected chi connectivity index (χ1v) is 10.1. The van der Waals surface area contributed by atoms with Crippen molar-refractivity contribution in [1.29, 1.82) is 0 Å². The largest absolute Gasteiger partial charge is 0.465 e. The topological polar surface area (TPSA) is 116 Å². The molecule has 0 amide bonds. The summed E-state index contributed by atoms with van der Waals surface area (Å²) in [5, 5.41) is 0. The highest BCUT2D eigenvalue weighted by molar-refractivity contribution is 7.89. The maximum atomic E-state index is 12.4. The van der Waals surface area contributed by atoms with Gasteiger partial charge in [-0.3, -0.25) is 9.59 Å². The van der Waals surface area contributed by atoms with Gasteiger partial charge in [-0.2, -0.15) is 4.72 Å². The van der Waals surface area contributed by atoms with Crippen molar-refractivity contribution in [3.63, 3.8) is 0 Å². The highest BCUT2D eigenvalue weighted by atomic mass is 32.2. The van der Waals surface area contributed by atoms with Crippen molar-refractivity contribution in [1.82, 2.24) is 4.72 Å². The van der Waals surface area contributed by atoms with Crippen LogP contribution in [0, 0.1) is 0 Å². The number of sulfonamides is 1. The quantitative estimate of drug-likeness (QED) is 0.514. The molecule has 0 unspecified atom stereocenters. The molecule has 0 bridgehead atoms. The van der Waals surface area contributed by atoms with E-state index in [0.717, 1.165) is 0 Å². The molecule has 0 saturated heterocycles. The molecular weight excluding hydrogens is 398 g/mol. The third kappa shape index (κ3) is 5.97. The van der Waals surface area contributed by atoms with Gasteiger partial charge in [-0.25, -0.2) is 13.2 Å². The first-order chi connectivity index (χ1) is 13.6. The van der Waals surface area contributed by atoms with Crippen molar-refractivity contribution in [2.45, 2.75) is 31.4 Å². The minimum atomic E-state index is -3.96. The smallest absolute Gasteiger partial charge is 0.337 e. The molecule has 1 N–H and O–H groups in total. The van der Waals surface area contributed by atoms with Gasteiger partial charge in [-0.05, 0) is 43.7 Å². The number of esters is 2. The summed E-state index contributed by atoms with van der Waals surface area (Å²) in [7, 11) is -2.69. The van der Waals surface area contributed by atoms with Crippen LogP contribution in [0.15, 0.2) is 53.4 Å². The third-order valence-electron chi connectivity index (χ3n) is 4.01. The molecule has 9 heteroatoms. The molecular formula is C20H21NO7S. The van der Waals surface area contributed by atoms with E-state index < -0.39 is 28.0 Å². The van der Waals surface area contributed by atoms with Gasteiger partial charge in [0.15, 0.2) is 5.78 Å². The second-order valence-corrected chi connectivity index (χ2v) is 7.93. The Kier molecular flexibility index (Phi) is 7.24. The summed E-state index contributed by atoms with van der Waals surface area (Å²) in [6.07, 6.45) is 0. The minimum Gasteiger partial charge on any atom is -0.465 e. The Hall–Kier alpha value is -3.04. The van der Waals surface area contributed by atoms with Gasteiger partial charge in [0, 0.05) is 5.56 Å². The molecule has 2 aromatic rings. The van der Waals surface area contributed by atoms with Gasteiger partial charge in [0.05, 0.1) is 17.6 Å². The molecule has 2 rings (SSSR count). The fraction of sp³-hybridized carbons (Fsp3) is 0.250. The number of methoxy groups -OCH3 is 1. The van der Waals surface area contributed by atoms with E-state index in [0.29, 0.717) is 16.7 Å². The van der Waals surface area contributed by atoms with Crippen molar-refractivity contribution >= 4 is 27.7 Å². The van der Waals surface area contributed by atoms with Gasteiger partial charge in [0.1, 0.15) is 12.6 Å². The summed E-state index contributed by atoms with van der Waals surface area (Å²) in [5.74, 6) is -1.42. The van der Waals surface area contributed by atoms with E-state index in [1.54, 1.807) is 12.1 Å². The lowest BCUT2D eigenvalue weighted by molar-refractivity contribution is -0.146. The van der Waals surface area contributed by atoms with Crippen molar-refractivity contribution in [2.75, 3.05) is 7.11 Å². The number of hydrogen-bond donors (Lipinski definition) is 1. The Morgan fingerprint density at radius 3 is 2.03 bits per heavy atom. The maximum absolute atomic E-state index is 12.4. The first-order valence-electron chi connectivity index (χ1n) is 8.61. The van der Waals surface area contributed by atoms with Crippen LogP contribution in [-0.2, 0) is 30.9 Å². The van der Waals surface area contributed by atoms with Crippen molar-refractivity contribution in [3.8, 4) is 0 Å². The molecule has 29 heavy (non-hydrogen) atoms. The van der Waals surface area contributed by atoms with Crippen LogP contribution in [0.2, 0.25) is 0 Å². The summed E-state index contributed by atoms with van der Waals surface area (Å²) in [6.45, 7) is 2.66. The number of carbonyl (C=O) groups is 3. The number of rotatable bonds is 8. The van der Waals surface area contributed by atoms with Crippen LogP contribution in [0.5, 0.6) is 0 Å². The molecule has 0 aliphatic rings. The monoisotopic (exact) mass is 419 g/mol. The van der Waals surface area contributed by atoms with Gasteiger partial charge < -0.3 is 9.47 Å². The van der Waals surface area contributed by atoms with E-state index in [-0.39, 0.29) is 17.3 Å². The van der Waals surface area contributed by atoms with E-state index in [4.69, 9.17) is 4.74 Å². The van der Waals surface area contributed by atoms with Crippen LogP contribution < -0.4 is 4.72 Å². The van der Waals surface area contributed by atoms with Crippen LogP contribution in [0.25, 0.3) is 0 Å². The number of carbonyl (C=O) groups excluding carboxylic acids is 3. The number of ketones is 1. The molecule has 154 valence electrons. The number of hydrogen-bond acceptors (Lipinski definition) is 7. The lowest BCUT2D eigenvalue weighted by atomic mass is 10.1. The summed E-state index contributed by atoms with van der Waals surface area (Å²) < 4.78 is 36.7. The van der Waals surface area contributed by atoms with Crippen LogP contribution >= 0.6 is 0 Å². The van der Waals surface area contributed by atoms with Crippen LogP contribution in [0.1, 0.15) is 40.1 Å². The molecule has 0 radical (unpaired) electrons. The average molecular weight is 419 g/mol. The summed E-state index contributed by atoms with van der Waals surface area (Å²) in [5.41, 5.74) is 1.37. The Bertz CT molecular complexity index is 996. The standard InChI is InChI=1S/C20H21NO7S/c1-13(21-29(25,26)18-10-8-16(9-11-18)14(2)22)19(23)28-12-15-4-6-17(7-5-15)20(24)27-3/h4-11,13,21H,12H2,1-3H3/t13-/m0/s1. The van der Waals surface area contributed by atoms with Gasteiger partial charge >= 0.3 is 11.9 Å². The highest BCUT2D eigenvalue weighted by Crippen LogP contribution is 2.12. The van der Waals surface area contributed by atoms with Crippen molar-refractivity contribution in [3.05, 3.63) is 65.2 Å². The van der Waals surface area contributed by atoms with Gasteiger partial charge in [-0.1, -0.05) is 24.3 Å². The fourth-order valence-electron chi connectivity index (χ4n) is 2.35. The average Bonchev–Trinajstić information content (AvgIpc) is 2.71. The lowest BCUT2D eigenvalue weighted by Gasteiger charge is -2.14. The summed E-state index contributed by atoms with van der Waals surface area (Å²) in [6, 6.07) is 10.5. The van der Waals surface area contributed by atoms with Crippen LogP contribution in [0.4, 0.5) is 0 Å². The number of nitrogens with one attached hydrogen (secondary N) is 1. The predicted octanol–water partition coefficient (Wildman–Crippen LogP) is 2.09. The molecule has 1 atom stereocenters. The van der Waals surface area contributed by atoms with Crippen molar-refractivity contribution < 1.29 is 32.3 Å². The van der Waals surface area contributed by atoms with E-state index in [2.05, 4.69) is 9.46 Å². The molecule has 2 aromatic carbocycles. The molecule has 8 nitrogen and oxygen atoms in total.